The summed E-state index contributed by atoms with van der Waals surface area (Å²) in [7, 11) is 0. The van der Waals surface area contributed by atoms with Gasteiger partial charge < -0.3 is 5.11 Å². The minimum Gasteiger partial charge on any atom is -0.393 e. The van der Waals surface area contributed by atoms with E-state index in [1.54, 1.807) is 0 Å². The first-order valence-electron chi connectivity index (χ1n) is 6.14. The second-order valence-corrected chi connectivity index (χ2v) is 6.10. The number of carbonyl (C=O) groups excluding carboxylic acids is 1. The Hall–Kier alpha value is -0.370. The van der Waals surface area contributed by atoms with Crippen molar-refractivity contribution in [3.05, 3.63) is 0 Å². The fourth-order valence-electron chi connectivity index (χ4n) is 3.85. The summed E-state index contributed by atoms with van der Waals surface area (Å²) in [6.45, 7) is 6.59. The van der Waals surface area contributed by atoms with Gasteiger partial charge in [-0.25, -0.2) is 0 Å². The van der Waals surface area contributed by atoms with E-state index in [1.165, 1.54) is 0 Å². The molecule has 0 aromatic heterocycles. The van der Waals surface area contributed by atoms with E-state index in [0.29, 0.717) is 30.0 Å². The maximum atomic E-state index is 11.5. The number of rotatable bonds is 1. The molecule has 0 bridgehead atoms. The Balaban J connectivity index is 2.25. The molecule has 0 radical (unpaired) electrons. The van der Waals surface area contributed by atoms with Crippen LogP contribution < -0.4 is 0 Å². The summed E-state index contributed by atoms with van der Waals surface area (Å²) in [5.74, 6) is 1.64. The SMILES string of the molecule is CC(C)[C@H]1C2CC(=O)CC[C@]2(C)C[C@@H]1O. The molecule has 0 heterocycles. The van der Waals surface area contributed by atoms with Crippen molar-refractivity contribution >= 4 is 5.78 Å². The Bertz CT molecular complexity index is 272. The van der Waals surface area contributed by atoms with Crippen LogP contribution in [0.4, 0.5) is 0 Å². The molecule has 2 aliphatic rings. The first-order chi connectivity index (χ1) is 6.94. The quantitative estimate of drug-likeness (QED) is 0.721. The van der Waals surface area contributed by atoms with Gasteiger partial charge in [0.15, 0.2) is 0 Å². The van der Waals surface area contributed by atoms with E-state index in [2.05, 4.69) is 20.8 Å². The zero-order valence-electron chi connectivity index (χ0n) is 9.99. The van der Waals surface area contributed by atoms with Gasteiger partial charge in [0, 0.05) is 12.8 Å². The molecule has 0 aromatic carbocycles. The molecular weight excluding hydrogens is 188 g/mol. The highest BCUT2D eigenvalue weighted by molar-refractivity contribution is 5.79. The lowest BCUT2D eigenvalue weighted by molar-refractivity contribution is -0.125. The molecule has 86 valence electrons. The summed E-state index contributed by atoms with van der Waals surface area (Å²) in [5.41, 5.74) is 0.224. The van der Waals surface area contributed by atoms with E-state index >= 15 is 0 Å². The van der Waals surface area contributed by atoms with Gasteiger partial charge in [-0.3, -0.25) is 4.79 Å². The van der Waals surface area contributed by atoms with Gasteiger partial charge in [0.2, 0.25) is 0 Å². The van der Waals surface area contributed by atoms with Crippen molar-refractivity contribution in [3.8, 4) is 0 Å². The van der Waals surface area contributed by atoms with Crippen LogP contribution in [0.2, 0.25) is 0 Å². The normalized spacial score (nSPS) is 45.9. The number of Topliss-reactive ketones (excluding diaryl/α,β-unsaturated/α-hetero) is 1. The molecule has 2 nitrogen and oxygen atoms in total. The lowest BCUT2D eigenvalue weighted by Crippen LogP contribution is -2.35. The first kappa shape index (κ1) is 11.1. The molecule has 2 saturated carbocycles. The maximum Gasteiger partial charge on any atom is 0.133 e. The number of fused-ring (bicyclic) bond motifs is 1. The fraction of sp³-hybridized carbons (Fsp3) is 0.923. The topological polar surface area (TPSA) is 37.3 Å². The Labute approximate surface area is 92.1 Å². The van der Waals surface area contributed by atoms with Crippen LogP contribution in [0.15, 0.2) is 0 Å². The second-order valence-electron chi connectivity index (χ2n) is 6.10. The van der Waals surface area contributed by atoms with Crippen LogP contribution in [0, 0.1) is 23.2 Å². The highest BCUT2D eigenvalue weighted by atomic mass is 16.3. The Morgan fingerprint density at radius 1 is 1.47 bits per heavy atom. The van der Waals surface area contributed by atoms with Crippen molar-refractivity contribution in [2.24, 2.45) is 23.2 Å². The smallest absolute Gasteiger partial charge is 0.133 e. The summed E-state index contributed by atoms with van der Waals surface area (Å²) in [6, 6.07) is 0. The van der Waals surface area contributed by atoms with Crippen LogP contribution >= 0.6 is 0 Å². The number of aliphatic hydroxyl groups is 1. The number of ketones is 1. The average Bonchev–Trinajstić information content (AvgIpc) is 2.36. The van der Waals surface area contributed by atoms with Crippen molar-refractivity contribution in [2.75, 3.05) is 0 Å². The van der Waals surface area contributed by atoms with E-state index in [-0.39, 0.29) is 11.5 Å². The molecule has 2 heteroatoms. The van der Waals surface area contributed by atoms with Gasteiger partial charge in [0.25, 0.3) is 0 Å². The van der Waals surface area contributed by atoms with Crippen molar-refractivity contribution in [3.63, 3.8) is 0 Å². The Morgan fingerprint density at radius 2 is 2.13 bits per heavy atom. The van der Waals surface area contributed by atoms with Gasteiger partial charge in [-0.2, -0.15) is 0 Å². The van der Waals surface area contributed by atoms with Gasteiger partial charge in [-0.1, -0.05) is 20.8 Å². The average molecular weight is 210 g/mol. The molecule has 15 heavy (non-hydrogen) atoms. The molecule has 0 spiro atoms. The van der Waals surface area contributed by atoms with Crippen LogP contribution in [-0.2, 0) is 4.79 Å². The van der Waals surface area contributed by atoms with E-state index < -0.39 is 0 Å². The molecule has 0 amide bonds. The summed E-state index contributed by atoms with van der Waals surface area (Å²) in [5, 5.41) is 10.1. The third-order valence-electron chi connectivity index (χ3n) is 4.67. The van der Waals surface area contributed by atoms with E-state index in [0.717, 1.165) is 19.3 Å². The zero-order valence-corrected chi connectivity index (χ0v) is 9.99. The van der Waals surface area contributed by atoms with Crippen molar-refractivity contribution in [2.45, 2.75) is 52.6 Å². The monoisotopic (exact) mass is 210 g/mol. The Kier molecular flexibility index (Phi) is 2.66. The summed E-state index contributed by atoms with van der Waals surface area (Å²) in [6.07, 6.45) is 3.12. The molecule has 1 N–H and O–H groups in total. The van der Waals surface area contributed by atoms with E-state index in [4.69, 9.17) is 0 Å². The van der Waals surface area contributed by atoms with Gasteiger partial charge >= 0.3 is 0 Å². The largest absolute Gasteiger partial charge is 0.393 e. The maximum absolute atomic E-state index is 11.5. The Morgan fingerprint density at radius 3 is 2.73 bits per heavy atom. The van der Waals surface area contributed by atoms with Crippen molar-refractivity contribution < 1.29 is 9.90 Å². The molecule has 4 atom stereocenters. The second kappa shape index (κ2) is 3.58. The third-order valence-corrected chi connectivity index (χ3v) is 4.67. The minimum absolute atomic E-state index is 0.189. The summed E-state index contributed by atoms with van der Waals surface area (Å²) >= 11 is 0. The third kappa shape index (κ3) is 1.73. The highest BCUT2D eigenvalue weighted by Crippen LogP contribution is 2.55. The van der Waals surface area contributed by atoms with Crippen LogP contribution in [-0.4, -0.2) is 17.0 Å². The first-order valence-corrected chi connectivity index (χ1v) is 6.14. The number of hydrogen-bond acceptors (Lipinski definition) is 2. The van der Waals surface area contributed by atoms with Crippen LogP contribution in [0.25, 0.3) is 0 Å². The minimum atomic E-state index is -0.189. The van der Waals surface area contributed by atoms with Gasteiger partial charge in [-0.15, -0.1) is 0 Å². The highest BCUT2D eigenvalue weighted by Gasteiger charge is 2.53. The van der Waals surface area contributed by atoms with Crippen LogP contribution in [0.1, 0.15) is 46.5 Å². The molecule has 0 saturated heterocycles. The molecule has 1 unspecified atom stereocenters. The number of carbonyl (C=O) groups is 1. The van der Waals surface area contributed by atoms with Crippen molar-refractivity contribution in [1.29, 1.82) is 0 Å². The number of hydrogen-bond donors (Lipinski definition) is 1. The van der Waals surface area contributed by atoms with E-state index in [9.17, 15) is 9.90 Å². The number of aliphatic hydroxyl groups excluding tert-OH is 1. The predicted octanol–water partition coefficient (Wildman–Crippen LogP) is 2.40. The standard InChI is InChI=1S/C13H22O2/c1-8(2)12-10-6-9(14)4-5-13(10,3)7-11(12)15/h8,10-12,15H,4-7H2,1-3H3/t10?,11-,12-,13+/m0/s1. The van der Waals surface area contributed by atoms with Crippen LogP contribution in [0.5, 0.6) is 0 Å². The summed E-state index contributed by atoms with van der Waals surface area (Å²) < 4.78 is 0. The molecule has 0 aromatic rings. The predicted molar refractivity (Wildman–Crippen MR) is 59.4 cm³/mol. The van der Waals surface area contributed by atoms with Crippen LogP contribution in [0.3, 0.4) is 0 Å². The molecule has 0 aliphatic heterocycles. The fourth-order valence-corrected chi connectivity index (χ4v) is 3.85. The molecule has 2 rings (SSSR count). The zero-order chi connectivity index (χ0) is 11.2. The molecule has 2 aliphatic carbocycles. The van der Waals surface area contributed by atoms with Gasteiger partial charge in [-0.05, 0) is 36.0 Å². The van der Waals surface area contributed by atoms with Gasteiger partial charge in [0.1, 0.15) is 5.78 Å². The molecular formula is C13H22O2. The lowest BCUT2D eigenvalue weighted by Gasteiger charge is -2.38. The summed E-state index contributed by atoms with van der Waals surface area (Å²) in [4.78, 5) is 11.5. The van der Waals surface area contributed by atoms with E-state index in [1.807, 2.05) is 0 Å². The van der Waals surface area contributed by atoms with Crippen molar-refractivity contribution in [1.82, 2.24) is 0 Å². The van der Waals surface area contributed by atoms with Gasteiger partial charge in [0.05, 0.1) is 6.10 Å². The lowest BCUT2D eigenvalue weighted by atomic mass is 9.65. The molecule has 2 fully saturated rings.